The predicted molar refractivity (Wildman–Crippen MR) is 105 cm³/mol. The van der Waals surface area contributed by atoms with Crippen LogP contribution in [0.5, 0.6) is 0 Å². The summed E-state index contributed by atoms with van der Waals surface area (Å²) in [6.07, 6.45) is 4.07. The number of nitrogens with zero attached hydrogens (tertiary/aromatic N) is 1. The first-order valence-corrected chi connectivity index (χ1v) is 8.58. The van der Waals surface area contributed by atoms with E-state index in [-0.39, 0.29) is 15.6 Å². The van der Waals surface area contributed by atoms with E-state index in [4.69, 9.17) is 34.8 Å². The first kappa shape index (κ1) is 17.7. The molecule has 0 saturated carbocycles. The molecule has 1 heterocycles. The van der Waals surface area contributed by atoms with E-state index < -0.39 is 5.91 Å². The minimum absolute atomic E-state index is 0.220. The number of fused-ring (bicyclic) bond motifs is 1. The molecule has 0 bridgehead atoms. The highest BCUT2D eigenvalue weighted by molar-refractivity contribution is 6.40. The van der Waals surface area contributed by atoms with Gasteiger partial charge < -0.3 is 5.32 Å². The van der Waals surface area contributed by atoms with Crippen molar-refractivity contribution in [3.8, 4) is 0 Å². The van der Waals surface area contributed by atoms with Gasteiger partial charge in [0.25, 0.3) is 5.91 Å². The van der Waals surface area contributed by atoms with Gasteiger partial charge in [-0.15, -0.1) is 6.58 Å². The normalized spacial score (nSPS) is 10.7. The van der Waals surface area contributed by atoms with Crippen LogP contribution in [-0.2, 0) is 6.42 Å². The molecule has 3 nitrogen and oxygen atoms in total. The number of anilines is 1. The third kappa shape index (κ3) is 3.49. The molecule has 0 unspecified atom stereocenters. The molecule has 3 rings (SSSR count). The van der Waals surface area contributed by atoms with E-state index >= 15 is 0 Å². The molecule has 0 spiro atoms. The minimum Gasteiger partial charge on any atom is -0.320 e. The average molecular weight is 392 g/mol. The molecule has 6 heteroatoms. The maximum absolute atomic E-state index is 12.6. The third-order valence-electron chi connectivity index (χ3n) is 3.71. The van der Waals surface area contributed by atoms with Crippen LogP contribution in [-0.4, -0.2) is 10.9 Å². The number of allylic oxidation sites excluding steroid dienone is 1. The summed E-state index contributed by atoms with van der Waals surface area (Å²) >= 11 is 18.7. The number of benzene rings is 2. The Bertz CT molecular complexity index is 966. The van der Waals surface area contributed by atoms with Crippen LogP contribution in [0.25, 0.3) is 10.9 Å². The molecule has 0 radical (unpaired) electrons. The van der Waals surface area contributed by atoms with Gasteiger partial charge in [-0.2, -0.15) is 0 Å². The number of hydrogen-bond donors (Lipinski definition) is 1. The lowest BCUT2D eigenvalue weighted by Gasteiger charge is -2.12. The molecule has 2 aromatic carbocycles. The Morgan fingerprint density at radius 3 is 2.48 bits per heavy atom. The van der Waals surface area contributed by atoms with Gasteiger partial charge in [0.1, 0.15) is 0 Å². The van der Waals surface area contributed by atoms with Gasteiger partial charge in [-0.05, 0) is 30.2 Å². The van der Waals surface area contributed by atoms with E-state index in [2.05, 4.69) is 16.9 Å². The second-order valence-corrected chi connectivity index (χ2v) is 6.54. The fraction of sp³-hybridized carbons (Fsp3) is 0.0526. The molecule has 0 fully saturated rings. The fourth-order valence-corrected chi connectivity index (χ4v) is 3.38. The minimum atomic E-state index is -0.406. The molecule has 0 atom stereocenters. The maximum Gasteiger partial charge on any atom is 0.258 e. The summed E-state index contributed by atoms with van der Waals surface area (Å²) in [5.41, 5.74) is 2.22. The number of carbonyl (C=O) groups excluding carboxylic acids is 1. The zero-order valence-corrected chi connectivity index (χ0v) is 15.3. The Labute approximate surface area is 160 Å². The SMILES string of the molecule is C=CCc1cnc2c(NC(=O)c3c(Cl)cccc3Cl)cccc2c1Cl. The van der Waals surface area contributed by atoms with Crippen molar-refractivity contribution >= 4 is 57.3 Å². The quantitative estimate of drug-likeness (QED) is 0.540. The molecule has 0 aliphatic carbocycles. The van der Waals surface area contributed by atoms with Crippen molar-refractivity contribution < 1.29 is 4.79 Å². The van der Waals surface area contributed by atoms with Gasteiger partial charge in [0.05, 0.1) is 31.8 Å². The summed E-state index contributed by atoms with van der Waals surface area (Å²) in [5.74, 6) is -0.406. The number of pyridine rings is 1. The Morgan fingerprint density at radius 2 is 1.80 bits per heavy atom. The third-order valence-corrected chi connectivity index (χ3v) is 4.78. The molecule has 1 N–H and O–H groups in total. The molecule has 25 heavy (non-hydrogen) atoms. The van der Waals surface area contributed by atoms with Gasteiger partial charge in [0, 0.05) is 11.6 Å². The van der Waals surface area contributed by atoms with Crippen LogP contribution in [0.2, 0.25) is 15.1 Å². The maximum atomic E-state index is 12.6. The first-order chi connectivity index (χ1) is 12.0. The van der Waals surface area contributed by atoms with Crippen molar-refractivity contribution in [1.82, 2.24) is 4.98 Å². The summed E-state index contributed by atoms with van der Waals surface area (Å²) in [7, 11) is 0. The number of amides is 1. The summed E-state index contributed by atoms with van der Waals surface area (Å²) < 4.78 is 0. The van der Waals surface area contributed by atoms with E-state index in [1.54, 1.807) is 42.6 Å². The number of rotatable bonds is 4. The molecular weight excluding hydrogens is 379 g/mol. The molecule has 1 aromatic heterocycles. The average Bonchev–Trinajstić information content (AvgIpc) is 2.58. The summed E-state index contributed by atoms with van der Waals surface area (Å²) in [6.45, 7) is 3.72. The Morgan fingerprint density at radius 1 is 1.12 bits per heavy atom. The van der Waals surface area contributed by atoms with Gasteiger partial charge in [-0.25, -0.2) is 0 Å². The topological polar surface area (TPSA) is 42.0 Å². The predicted octanol–water partition coefficient (Wildman–Crippen LogP) is 6.18. The molecule has 1 amide bonds. The van der Waals surface area contributed by atoms with E-state index in [1.807, 2.05) is 6.07 Å². The van der Waals surface area contributed by atoms with E-state index in [0.29, 0.717) is 22.6 Å². The summed E-state index contributed by atoms with van der Waals surface area (Å²) in [5, 5.41) is 4.72. The number of carbonyl (C=O) groups is 1. The van der Waals surface area contributed by atoms with Crippen molar-refractivity contribution in [3.63, 3.8) is 0 Å². The van der Waals surface area contributed by atoms with Gasteiger partial charge in [0.15, 0.2) is 0 Å². The zero-order chi connectivity index (χ0) is 18.0. The fourth-order valence-electron chi connectivity index (χ4n) is 2.53. The largest absolute Gasteiger partial charge is 0.320 e. The second kappa shape index (κ2) is 7.44. The molecule has 0 aliphatic heterocycles. The van der Waals surface area contributed by atoms with Gasteiger partial charge in [0.2, 0.25) is 0 Å². The van der Waals surface area contributed by atoms with E-state index in [1.165, 1.54) is 0 Å². The van der Waals surface area contributed by atoms with Crippen LogP contribution < -0.4 is 5.32 Å². The number of para-hydroxylation sites is 1. The number of halogens is 3. The Kier molecular flexibility index (Phi) is 5.28. The first-order valence-electron chi connectivity index (χ1n) is 7.45. The van der Waals surface area contributed by atoms with Gasteiger partial charge in [-0.1, -0.05) is 59.1 Å². The van der Waals surface area contributed by atoms with Gasteiger partial charge in [-0.3, -0.25) is 9.78 Å². The smallest absolute Gasteiger partial charge is 0.258 e. The van der Waals surface area contributed by atoms with E-state index in [9.17, 15) is 4.79 Å². The van der Waals surface area contributed by atoms with Crippen molar-refractivity contribution in [2.45, 2.75) is 6.42 Å². The van der Waals surface area contributed by atoms with Crippen LogP contribution in [0.1, 0.15) is 15.9 Å². The van der Waals surface area contributed by atoms with Crippen LogP contribution in [0, 0.1) is 0 Å². The van der Waals surface area contributed by atoms with Crippen LogP contribution in [0.4, 0.5) is 5.69 Å². The zero-order valence-electron chi connectivity index (χ0n) is 13.0. The van der Waals surface area contributed by atoms with Crippen molar-refractivity contribution in [2.75, 3.05) is 5.32 Å². The van der Waals surface area contributed by atoms with Gasteiger partial charge >= 0.3 is 0 Å². The summed E-state index contributed by atoms with van der Waals surface area (Å²) in [6, 6.07) is 10.3. The Hall–Kier alpha value is -2.07. The standard InChI is InChI=1S/C19H13Cl3N2O/c1-2-5-11-10-23-18-12(17(11)22)6-3-9-15(18)24-19(25)16-13(20)7-4-8-14(16)21/h2-4,6-10H,1,5H2,(H,24,25). The molecule has 0 saturated heterocycles. The van der Waals surface area contributed by atoms with E-state index in [0.717, 1.165) is 10.9 Å². The molecule has 3 aromatic rings. The van der Waals surface area contributed by atoms with Crippen molar-refractivity contribution in [1.29, 1.82) is 0 Å². The second-order valence-electron chi connectivity index (χ2n) is 5.34. The molecule has 126 valence electrons. The lowest BCUT2D eigenvalue weighted by Crippen LogP contribution is -2.13. The van der Waals surface area contributed by atoms with Crippen LogP contribution in [0.3, 0.4) is 0 Å². The number of hydrogen-bond acceptors (Lipinski definition) is 2. The van der Waals surface area contributed by atoms with Crippen LogP contribution >= 0.6 is 34.8 Å². The monoisotopic (exact) mass is 390 g/mol. The van der Waals surface area contributed by atoms with Crippen LogP contribution in [0.15, 0.2) is 55.3 Å². The number of aromatic nitrogens is 1. The van der Waals surface area contributed by atoms with Crippen molar-refractivity contribution in [2.24, 2.45) is 0 Å². The highest BCUT2D eigenvalue weighted by atomic mass is 35.5. The summed E-state index contributed by atoms with van der Waals surface area (Å²) in [4.78, 5) is 17.0. The lowest BCUT2D eigenvalue weighted by molar-refractivity contribution is 0.102. The van der Waals surface area contributed by atoms with Crippen molar-refractivity contribution in [3.05, 3.63) is 81.4 Å². The highest BCUT2D eigenvalue weighted by Gasteiger charge is 2.17. The Balaban J connectivity index is 2.03. The molecule has 0 aliphatic rings. The lowest BCUT2D eigenvalue weighted by atomic mass is 10.1. The number of nitrogens with one attached hydrogen (secondary N) is 1. The highest BCUT2D eigenvalue weighted by Crippen LogP contribution is 2.31. The molecular formula is C19H13Cl3N2O.